The zero-order chi connectivity index (χ0) is 7.42. The first-order valence-corrected chi connectivity index (χ1v) is 3.85. The number of H-pyrrole nitrogens is 2. The lowest BCUT2D eigenvalue weighted by Gasteiger charge is -1.89. The molecular weight excluding hydrogens is 140 g/mol. The van der Waals surface area contributed by atoms with Crippen LogP contribution in [0.1, 0.15) is 6.42 Å². The lowest BCUT2D eigenvalue weighted by atomic mass is 10.2. The van der Waals surface area contributed by atoms with E-state index in [1.54, 1.807) is 0 Å². The smallest absolute Gasteiger partial charge is 0.306 e. The van der Waals surface area contributed by atoms with Gasteiger partial charge in [-0.15, -0.1) is 0 Å². The molecule has 2 aliphatic rings. The van der Waals surface area contributed by atoms with Crippen molar-refractivity contribution >= 4 is 12.2 Å². The van der Waals surface area contributed by atoms with E-state index in [0.717, 1.165) is 10.7 Å². The molecule has 0 spiro atoms. The molecule has 0 saturated heterocycles. The predicted octanol–water partition coefficient (Wildman–Crippen LogP) is -1.09. The summed E-state index contributed by atoms with van der Waals surface area (Å²) in [4.78, 5) is 16.3. The summed E-state index contributed by atoms with van der Waals surface area (Å²) in [7, 11) is 0. The summed E-state index contributed by atoms with van der Waals surface area (Å²) in [6.45, 7) is 0. The fourth-order valence-corrected chi connectivity index (χ4v) is 1.72. The molecule has 1 aromatic rings. The second-order valence-electron chi connectivity index (χ2n) is 3.30. The van der Waals surface area contributed by atoms with Gasteiger partial charge in [-0.1, -0.05) is 12.2 Å². The number of aromatic nitrogens is 2. The number of nitrogens with one attached hydrogen (secondary N) is 2. The summed E-state index contributed by atoms with van der Waals surface area (Å²) >= 11 is 0. The highest BCUT2D eigenvalue weighted by atomic mass is 16.1. The molecule has 2 aliphatic carbocycles. The molecule has 0 amide bonds. The van der Waals surface area contributed by atoms with E-state index in [0.29, 0.717) is 11.8 Å². The molecule has 0 bridgehead atoms. The van der Waals surface area contributed by atoms with Gasteiger partial charge in [0.1, 0.15) is 0 Å². The molecule has 1 fully saturated rings. The maximum Gasteiger partial charge on any atom is 0.323 e. The Morgan fingerprint density at radius 1 is 1.18 bits per heavy atom. The highest BCUT2D eigenvalue weighted by Crippen LogP contribution is 2.41. The van der Waals surface area contributed by atoms with Crippen molar-refractivity contribution in [3.8, 4) is 0 Å². The Bertz CT molecular complexity index is 425. The normalized spacial score (nSPS) is 31.3. The van der Waals surface area contributed by atoms with Crippen molar-refractivity contribution in [2.45, 2.75) is 6.42 Å². The SMILES string of the molecule is O=c1[nH]c2c([nH]1)=CC1CC1C=2. The van der Waals surface area contributed by atoms with E-state index in [1.165, 1.54) is 6.42 Å². The fourth-order valence-electron chi connectivity index (χ4n) is 1.72. The molecule has 2 unspecified atom stereocenters. The summed E-state index contributed by atoms with van der Waals surface area (Å²) in [6, 6.07) is 0. The van der Waals surface area contributed by atoms with Crippen molar-refractivity contribution < 1.29 is 0 Å². The molecule has 1 saturated carbocycles. The van der Waals surface area contributed by atoms with Crippen molar-refractivity contribution in [1.29, 1.82) is 0 Å². The van der Waals surface area contributed by atoms with Gasteiger partial charge in [0.25, 0.3) is 0 Å². The van der Waals surface area contributed by atoms with Crippen LogP contribution in [0, 0.1) is 11.8 Å². The van der Waals surface area contributed by atoms with Crippen LogP contribution in [0.15, 0.2) is 4.79 Å². The Hall–Kier alpha value is -1.25. The minimum Gasteiger partial charge on any atom is -0.306 e. The van der Waals surface area contributed by atoms with Crippen LogP contribution in [0.25, 0.3) is 12.2 Å². The van der Waals surface area contributed by atoms with Gasteiger partial charge in [-0.3, -0.25) is 0 Å². The van der Waals surface area contributed by atoms with Gasteiger partial charge in [-0.25, -0.2) is 4.79 Å². The molecule has 3 nitrogen and oxygen atoms in total. The summed E-state index contributed by atoms with van der Waals surface area (Å²) in [5.74, 6) is 1.41. The summed E-state index contributed by atoms with van der Waals surface area (Å²) < 4.78 is 0. The van der Waals surface area contributed by atoms with Gasteiger partial charge >= 0.3 is 5.69 Å². The van der Waals surface area contributed by atoms with Crippen LogP contribution in [0.5, 0.6) is 0 Å². The first-order chi connectivity index (χ1) is 5.33. The number of imidazole rings is 1. The van der Waals surface area contributed by atoms with Gasteiger partial charge in [0.2, 0.25) is 0 Å². The van der Waals surface area contributed by atoms with Crippen LogP contribution in [0.2, 0.25) is 0 Å². The minimum absolute atomic E-state index is 0.0937. The molecule has 0 aromatic carbocycles. The molecule has 2 N–H and O–H groups in total. The van der Waals surface area contributed by atoms with Crippen LogP contribution < -0.4 is 16.4 Å². The van der Waals surface area contributed by atoms with Crippen LogP contribution in [-0.4, -0.2) is 9.97 Å². The Morgan fingerprint density at radius 2 is 1.73 bits per heavy atom. The summed E-state index contributed by atoms with van der Waals surface area (Å²) in [5.41, 5.74) is -0.0937. The number of hydrogen-bond acceptors (Lipinski definition) is 1. The number of fused-ring (bicyclic) bond motifs is 2. The average Bonchev–Trinajstić information content (AvgIpc) is 2.57. The van der Waals surface area contributed by atoms with Crippen molar-refractivity contribution in [2.75, 3.05) is 0 Å². The molecule has 1 heterocycles. The highest BCUT2D eigenvalue weighted by molar-refractivity contribution is 5.46. The molecule has 3 heteroatoms. The third-order valence-electron chi connectivity index (χ3n) is 2.44. The van der Waals surface area contributed by atoms with Gasteiger partial charge in [0.05, 0.1) is 10.7 Å². The standard InChI is InChI=1S/C8H8N2O/c11-8-9-6-2-4-1-5(4)3-7(6)10-8/h2-5H,1H2,(H2,9,10,11). The van der Waals surface area contributed by atoms with Gasteiger partial charge in [-0.05, 0) is 18.3 Å². The van der Waals surface area contributed by atoms with Gasteiger partial charge in [0, 0.05) is 0 Å². The lowest BCUT2D eigenvalue weighted by Crippen LogP contribution is -2.26. The average molecular weight is 148 g/mol. The van der Waals surface area contributed by atoms with Crippen LogP contribution >= 0.6 is 0 Å². The minimum atomic E-state index is -0.0937. The molecule has 0 aliphatic heterocycles. The van der Waals surface area contributed by atoms with E-state index >= 15 is 0 Å². The van der Waals surface area contributed by atoms with Gasteiger partial charge in [0.15, 0.2) is 0 Å². The maximum atomic E-state index is 10.8. The second kappa shape index (κ2) is 1.49. The van der Waals surface area contributed by atoms with Crippen molar-refractivity contribution in [3.05, 3.63) is 21.2 Å². The van der Waals surface area contributed by atoms with Crippen LogP contribution in [-0.2, 0) is 0 Å². The third-order valence-corrected chi connectivity index (χ3v) is 2.44. The van der Waals surface area contributed by atoms with E-state index in [2.05, 4.69) is 22.1 Å². The second-order valence-corrected chi connectivity index (χ2v) is 3.30. The highest BCUT2D eigenvalue weighted by Gasteiger charge is 2.34. The van der Waals surface area contributed by atoms with E-state index in [9.17, 15) is 4.79 Å². The molecule has 1 aromatic heterocycles. The Balaban J connectivity index is 2.49. The zero-order valence-electron chi connectivity index (χ0n) is 5.92. The zero-order valence-corrected chi connectivity index (χ0v) is 5.92. The van der Waals surface area contributed by atoms with Crippen molar-refractivity contribution in [3.63, 3.8) is 0 Å². The largest absolute Gasteiger partial charge is 0.323 e. The Kier molecular flexibility index (Phi) is 0.735. The summed E-state index contributed by atoms with van der Waals surface area (Å²) in [5, 5.41) is 1.96. The van der Waals surface area contributed by atoms with E-state index < -0.39 is 0 Å². The lowest BCUT2D eigenvalue weighted by molar-refractivity contribution is 1.04. The first-order valence-electron chi connectivity index (χ1n) is 3.85. The maximum absolute atomic E-state index is 10.8. The monoisotopic (exact) mass is 148 g/mol. The van der Waals surface area contributed by atoms with Crippen molar-refractivity contribution in [2.24, 2.45) is 11.8 Å². The van der Waals surface area contributed by atoms with E-state index in [-0.39, 0.29) is 5.69 Å². The van der Waals surface area contributed by atoms with E-state index in [1.807, 2.05) is 0 Å². The quantitative estimate of drug-likeness (QED) is 0.482. The topological polar surface area (TPSA) is 48.6 Å². The molecule has 56 valence electrons. The first kappa shape index (κ1) is 5.41. The van der Waals surface area contributed by atoms with Crippen molar-refractivity contribution in [1.82, 2.24) is 9.97 Å². The molecule has 2 atom stereocenters. The summed E-state index contributed by atoms with van der Waals surface area (Å²) in [6.07, 6.45) is 5.56. The van der Waals surface area contributed by atoms with Crippen LogP contribution in [0.4, 0.5) is 0 Å². The Morgan fingerprint density at radius 3 is 2.27 bits per heavy atom. The number of aromatic amines is 2. The van der Waals surface area contributed by atoms with Gasteiger partial charge in [-0.2, -0.15) is 0 Å². The number of rotatable bonds is 0. The number of hydrogen-bond donors (Lipinski definition) is 2. The predicted molar refractivity (Wildman–Crippen MR) is 41.2 cm³/mol. The molecule has 11 heavy (non-hydrogen) atoms. The molecule has 3 rings (SSSR count). The molecular formula is C8H8N2O. The van der Waals surface area contributed by atoms with Gasteiger partial charge < -0.3 is 9.97 Å². The van der Waals surface area contributed by atoms with Crippen LogP contribution in [0.3, 0.4) is 0 Å². The fraction of sp³-hybridized carbons (Fsp3) is 0.375. The Labute approximate surface area is 62.5 Å². The third kappa shape index (κ3) is 0.651. The molecule has 0 radical (unpaired) electrons. The van der Waals surface area contributed by atoms with E-state index in [4.69, 9.17) is 0 Å².